The summed E-state index contributed by atoms with van der Waals surface area (Å²) in [5.74, 6) is 0.175. The highest BCUT2D eigenvalue weighted by Crippen LogP contribution is 2.30. The molecule has 138 valence electrons. The van der Waals surface area contributed by atoms with Crippen LogP contribution in [0.15, 0.2) is 0 Å². The van der Waals surface area contributed by atoms with Crippen molar-refractivity contribution in [3.8, 4) is 0 Å². The highest BCUT2D eigenvalue weighted by molar-refractivity contribution is 7.91. The van der Waals surface area contributed by atoms with Crippen molar-refractivity contribution in [3.05, 3.63) is 0 Å². The summed E-state index contributed by atoms with van der Waals surface area (Å²) in [5, 5.41) is 19.2. The van der Waals surface area contributed by atoms with Crippen molar-refractivity contribution in [2.24, 2.45) is 0 Å². The number of rotatable bonds is 5. The zero-order valence-electron chi connectivity index (χ0n) is 14.0. The molecular formula is C16H28N2O5S. The van der Waals surface area contributed by atoms with E-state index in [9.17, 15) is 23.4 Å². The van der Waals surface area contributed by atoms with Gasteiger partial charge in [-0.2, -0.15) is 0 Å². The van der Waals surface area contributed by atoms with Crippen molar-refractivity contribution in [2.45, 2.75) is 62.8 Å². The zero-order valence-corrected chi connectivity index (χ0v) is 14.8. The molecule has 2 N–H and O–H groups in total. The summed E-state index contributed by atoms with van der Waals surface area (Å²) in [7, 11) is -3.04. The summed E-state index contributed by atoms with van der Waals surface area (Å²) in [6, 6.07) is -0.275. The number of carbonyl (C=O) groups is 1. The second kappa shape index (κ2) is 7.27. The first-order chi connectivity index (χ1) is 11.4. The van der Waals surface area contributed by atoms with E-state index < -0.39 is 15.9 Å². The minimum absolute atomic E-state index is 0.0587. The minimum atomic E-state index is -3.04. The maximum absolute atomic E-state index is 13.0. The van der Waals surface area contributed by atoms with E-state index in [1.807, 2.05) is 9.80 Å². The summed E-state index contributed by atoms with van der Waals surface area (Å²) in [5.41, 5.74) is 0. The van der Waals surface area contributed by atoms with Crippen molar-refractivity contribution in [2.75, 3.05) is 31.2 Å². The number of amides is 1. The molecule has 0 unspecified atom stereocenters. The van der Waals surface area contributed by atoms with Gasteiger partial charge < -0.3 is 15.1 Å². The van der Waals surface area contributed by atoms with Gasteiger partial charge in [0, 0.05) is 24.7 Å². The summed E-state index contributed by atoms with van der Waals surface area (Å²) >= 11 is 0. The maximum Gasteiger partial charge on any atom is 0.237 e. The van der Waals surface area contributed by atoms with Gasteiger partial charge in [0.1, 0.15) is 0 Å². The van der Waals surface area contributed by atoms with Gasteiger partial charge in [-0.3, -0.25) is 9.69 Å². The molecule has 7 nitrogen and oxygen atoms in total. The van der Waals surface area contributed by atoms with Gasteiger partial charge in [-0.15, -0.1) is 0 Å². The van der Waals surface area contributed by atoms with Crippen LogP contribution in [0, 0.1) is 0 Å². The third-order valence-corrected chi connectivity index (χ3v) is 7.41. The van der Waals surface area contributed by atoms with Gasteiger partial charge in [-0.1, -0.05) is 12.8 Å². The van der Waals surface area contributed by atoms with Crippen molar-refractivity contribution in [1.82, 2.24) is 9.80 Å². The van der Waals surface area contributed by atoms with Gasteiger partial charge in [-0.05, 0) is 25.7 Å². The van der Waals surface area contributed by atoms with Gasteiger partial charge in [0.2, 0.25) is 5.91 Å². The molecule has 3 aliphatic rings. The number of aliphatic hydroxyl groups is 2. The van der Waals surface area contributed by atoms with Crippen LogP contribution >= 0.6 is 0 Å². The number of likely N-dealkylation sites (tertiary alicyclic amines) is 1. The maximum atomic E-state index is 13.0. The van der Waals surface area contributed by atoms with Crippen LogP contribution in [0.1, 0.15) is 38.5 Å². The average Bonchev–Trinajstić information content (AvgIpc) is 3.21. The highest BCUT2D eigenvalue weighted by atomic mass is 32.2. The molecule has 2 heterocycles. The Morgan fingerprint density at radius 3 is 2.46 bits per heavy atom. The van der Waals surface area contributed by atoms with Crippen molar-refractivity contribution in [3.63, 3.8) is 0 Å². The second-order valence-corrected chi connectivity index (χ2v) is 9.68. The van der Waals surface area contributed by atoms with E-state index in [1.165, 1.54) is 0 Å². The summed E-state index contributed by atoms with van der Waals surface area (Å²) in [6.07, 6.45) is 4.52. The molecule has 1 saturated carbocycles. The van der Waals surface area contributed by atoms with Crippen LogP contribution in [0.5, 0.6) is 0 Å². The predicted octanol–water partition coefficient (Wildman–Crippen LogP) is -0.628. The molecule has 0 radical (unpaired) electrons. The first-order valence-electron chi connectivity index (χ1n) is 8.94. The van der Waals surface area contributed by atoms with Gasteiger partial charge in [0.25, 0.3) is 0 Å². The van der Waals surface area contributed by atoms with Crippen LogP contribution in [0.4, 0.5) is 0 Å². The average molecular weight is 360 g/mol. The minimum Gasteiger partial charge on any atom is -0.395 e. The monoisotopic (exact) mass is 360 g/mol. The standard InChI is InChI=1S/C16H28N2O5S/c19-10-14-7-15(20)8-17(14)9-16(21)18(12-3-1-2-4-12)13-5-6-24(22,23)11-13/h12-15,19-20H,1-11H2/t13-,14-,15+/m0/s1. The fourth-order valence-corrected chi connectivity index (χ4v) is 6.19. The highest BCUT2D eigenvalue weighted by Gasteiger charge is 2.40. The number of sulfone groups is 1. The second-order valence-electron chi connectivity index (χ2n) is 7.45. The fraction of sp³-hybridized carbons (Fsp3) is 0.938. The zero-order chi connectivity index (χ0) is 17.3. The number of hydrogen-bond acceptors (Lipinski definition) is 6. The Bertz CT molecular complexity index is 561. The number of hydrogen-bond donors (Lipinski definition) is 2. The summed E-state index contributed by atoms with van der Waals surface area (Å²) < 4.78 is 23.7. The molecule has 1 aliphatic carbocycles. The Kier molecular flexibility index (Phi) is 5.48. The topological polar surface area (TPSA) is 98.2 Å². The van der Waals surface area contributed by atoms with E-state index in [0.717, 1.165) is 25.7 Å². The number of aliphatic hydroxyl groups excluding tert-OH is 2. The molecule has 0 bridgehead atoms. The Morgan fingerprint density at radius 1 is 1.17 bits per heavy atom. The Morgan fingerprint density at radius 2 is 1.88 bits per heavy atom. The molecular weight excluding hydrogens is 332 g/mol. The molecule has 0 aromatic rings. The van der Waals surface area contributed by atoms with Crippen LogP contribution < -0.4 is 0 Å². The largest absolute Gasteiger partial charge is 0.395 e. The molecule has 1 amide bonds. The third-order valence-electron chi connectivity index (χ3n) is 5.66. The lowest BCUT2D eigenvalue weighted by atomic mass is 10.1. The van der Waals surface area contributed by atoms with Crippen LogP contribution in [0.3, 0.4) is 0 Å². The fourth-order valence-electron chi connectivity index (χ4n) is 4.48. The third kappa shape index (κ3) is 3.92. The summed E-state index contributed by atoms with van der Waals surface area (Å²) in [4.78, 5) is 16.6. The van der Waals surface area contributed by atoms with Gasteiger partial charge >= 0.3 is 0 Å². The molecule has 2 aliphatic heterocycles. The van der Waals surface area contributed by atoms with Gasteiger partial charge in [0.15, 0.2) is 9.84 Å². The van der Waals surface area contributed by atoms with E-state index in [1.54, 1.807) is 0 Å². The molecule has 3 fully saturated rings. The molecule has 24 heavy (non-hydrogen) atoms. The molecule has 3 rings (SSSR count). The van der Waals surface area contributed by atoms with Crippen LogP contribution in [-0.4, -0.2) is 89.8 Å². The van der Waals surface area contributed by atoms with Gasteiger partial charge in [-0.25, -0.2) is 8.42 Å². The first kappa shape index (κ1) is 18.1. The van der Waals surface area contributed by atoms with Crippen molar-refractivity contribution in [1.29, 1.82) is 0 Å². The van der Waals surface area contributed by atoms with Crippen molar-refractivity contribution < 1.29 is 23.4 Å². The smallest absolute Gasteiger partial charge is 0.237 e. The molecule has 0 aromatic carbocycles. The Balaban J connectivity index is 1.71. The molecule has 8 heteroatoms. The Hall–Kier alpha value is -0.700. The lowest BCUT2D eigenvalue weighted by molar-refractivity contribution is -0.137. The van der Waals surface area contributed by atoms with Crippen molar-refractivity contribution >= 4 is 15.7 Å². The number of carbonyl (C=O) groups excluding carboxylic acids is 1. The normalized spacial score (nSPS) is 34.0. The van der Waals surface area contributed by atoms with Crippen LogP contribution in [-0.2, 0) is 14.6 Å². The van der Waals surface area contributed by atoms with E-state index in [4.69, 9.17) is 0 Å². The van der Waals surface area contributed by atoms with E-state index in [0.29, 0.717) is 19.4 Å². The number of nitrogens with zero attached hydrogens (tertiary/aromatic N) is 2. The molecule has 3 atom stereocenters. The van der Waals surface area contributed by atoms with Crippen LogP contribution in [0.25, 0.3) is 0 Å². The van der Waals surface area contributed by atoms with E-state index in [2.05, 4.69) is 0 Å². The van der Waals surface area contributed by atoms with E-state index in [-0.39, 0.29) is 48.7 Å². The molecule has 0 spiro atoms. The molecule has 0 aromatic heterocycles. The van der Waals surface area contributed by atoms with Gasteiger partial charge in [0.05, 0.1) is 30.8 Å². The van der Waals surface area contributed by atoms with Crippen LogP contribution in [0.2, 0.25) is 0 Å². The first-order valence-corrected chi connectivity index (χ1v) is 10.8. The lowest BCUT2D eigenvalue weighted by Gasteiger charge is -2.36. The predicted molar refractivity (Wildman–Crippen MR) is 89.2 cm³/mol. The Labute approximate surface area is 143 Å². The van der Waals surface area contributed by atoms with E-state index >= 15 is 0 Å². The number of β-amino-alcohol motifs (C(OH)–C–C–N with tert-alkyl or cyclic N) is 1. The SMILES string of the molecule is O=C(CN1C[C@H](O)C[C@H]1CO)N(C1CCCC1)[C@H]1CCS(=O)(=O)C1. The summed E-state index contributed by atoms with van der Waals surface area (Å²) in [6.45, 7) is 0.458. The molecule has 2 saturated heterocycles. The quantitative estimate of drug-likeness (QED) is 0.678. The lowest BCUT2D eigenvalue weighted by Crippen LogP contribution is -2.51.